The predicted octanol–water partition coefficient (Wildman–Crippen LogP) is 1.41. The molecule has 0 radical (unpaired) electrons. The van der Waals surface area contributed by atoms with Gasteiger partial charge in [-0.1, -0.05) is 50.6 Å². The van der Waals surface area contributed by atoms with Crippen molar-refractivity contribution in [2.75, 3.05) is 12.0 Å². The molecule has 1 aromatic carbocycles. The molecule has 0 heterocycles. The van der Waals surface area contributed by atoms with Crippen LogP contribution in [-0.2, 0) is 20.8 Å². The molecule has 1 aromatic rings. The van der Waals surface area contributed by atoms with E-state index in [0.717, 1.165) is 5.56 Å². The summed E-state index contributed by atoms with van der Waals surface area (Å²) in [5.74, 6) is -1.57. The lowest BCUT2D eigenvalue weighted by molar-refractivity contribution is -0.142. The first kappa shape index (κ1) is 24.0. The van der Waals surface area contributed by atoms with E-state index in [1.165, 1.54) is 11.8 Å². The van der Waals surface area contributed by atoms with Crippen molar-refractivity contribution in [1.29, 1.82) is 0 Å². The maximum absolute atomic E-state index is 12.7. The molecule has 1 rings (SSSR count). The van der Waals surface area contributed by atoms with Crippen molar-refractivity contribution in [3.05, 3.63) is 35.9 Å². The van der Waals surface area contributed by atoms with E-state index in [1.807, 2.05) is 50.4 Å². The van der Waals surface area contributed by atoms with E-state index in [0.29, 0.717) is 25.0 Å². The molecule has 7 nitrogen and oxygen atoms in total. The van der Waals surface area contributed by atoms with Crippen molar-refractivity contribution in [3.63, 3.8) is 0 Å². The molecular formula is C20H31N3O4S. The summed E-state index contributed by atoms with van der Waals surface area (Å²) in [6, 6.07) is 6.77. The minimum Gasteiger partial charge on any atom is -0.480 e. The number of nitrogens with one attached hydrogen (secondary N) is 2. The van der Waals surface area contributed by atoms with Gasteiger partial charge in [-0.2, -0.15) is 11.8 Å². The van der Waals surface area contributed by atoms with Gasteiger partial charge in [0.15, 0.2) is 0 Å². The van der Waals surface area contributed by atoms with E-state index in [9.17, 15) is 19.5 Å². The van der Waals surface area contributed by atoms with Gasteiger partial charge in [0, 0.05) is 0 Å². The van der Waals surface area contributed by atoms with Crippen molar-refractivity contribution in [1.82, 2.24) is 10.6 Å². The van der Waals surface area contributed by atoms with Crippen LogP contribution in [0.1, 0.15) is 32.3 Å². The lowest BCUT2D eigenvalue weighted by Crippen LogP contribution is -2.57. The second-order valence-corrected chi connectivity index (χ2v) is 7.83. The number of rotatable bonds is 12. The topological polar surface area (TPSA) is 122 Å². The number of nitrogens with two attached hydrogens (primary N) is 1. The van der Waals surface area contributed by atoms with E-state index >= 15 is 0 Å². The Morgan fingerprint density at radius 3 is 2.32 bits per heavy atom. The smallest absolute Gasteiger partial charge is 0.326 e. The van der Waals surface area contributed by atoms with Crippen molar-refractivity contribution in [3.8, 4) is 0 Å². The Balaban J connectivity index is 2.79. The molecule has 0 aliphatic heterocycles. The molecule has 0 aromatic heterocycles. The first-order valence-electron chi connectivity index (χ1n) is 9.42. The van der Waals surface area contributed by atoms with Crippen LogP contribution in [0.15, 0.2) is 30.3 Å². The third-order valence-corrected chi connectivity index (χ3v) is 5.30. The number of carbonyl (C=O) groups is 3. The van der Waals surface area contributed by atoms with Crippen molar-refractivity contribution < 1.29 is 19.5 Å². The molecule has 28 heavy (non-hydrogen) atoms. The zero-order valence-corrected chi connectivity index (χ0v) is 17.5. The van der Waals surface area contributed by atoms with Crippen LogP contribution >= 0.6 is 11.8 Å². The maximum atomic E-state index is 12.7. The van der Waals surface area contributed by atoms with Crippen molar-refractivity contribution in [2.24, 2.45) is 11.7 Å². The maximum Gasteiger partial charge on any atom is 0.326 e. The first-order valence-corrected chi connectivity index (χ1v) is 10.8. The fourth-order valence-electron chi connectivity index (χ4n) is 2.68. The third-order valence-electron chi connectivity index (χ3n) is 4.65. The van der Waals surface area contributed by atoms with E-state index in [-0.39, 0.29) is 5.92 Å². The van der Waals surface area contributed by atoms with Crippen LogP contribution in [0.4, 0.5) is 0 Å². The predicted molar refractivity (Wildman–Crippen MR) is 112 cm³/mol. The molecule has 0 fully saturated rings. The average Bonchev–Trinajstić information content (AvgIpc) is 2.68. The van der Waals surface area contributed by atoms with Crippen LogP contribution in [-0.4, -0.2) is 53.0 Å². The summed E-state index contributed by atoms with van der Waals surface area (Å²) in [6.07, 6.45) is 3.19. The molecule has 4 unspecified atom stereocenters. The molecule has 0 spiro atoms. The van der Waals surface area contributed by atoms with Gasteiger partial charge in [0.2, 0.25) is 11.8 Å². The van der Waals surface area contributed by atoms with Gasteiger partial charge >= 0.3 is 5.97 Å². The number of thioether (sulfide) groups is 1. The fourth-order valence-corrected chi connectivity index (χ4v) is 3.15. The van der Waals surface area contributed by atoms with Crippen LogP contribution < -0.4 is 16.4 Å². The molecule has 8 heteroatoms. The Labute approximate surface area is 170 Å². The Morgan fingerprint density at radius 1 is 1.14 bits per heavy atom. The molecule has 2 amide bonds. The molecular weight excluding hydrogens is 378 g/mol. The van der Waals surface area contributed by atoms with Gasteiger partial charge in [0.05, 0.1) is 6.04 Å². The molecule has 0 aliphatic rings. The lowest BCUT2D eigenvalue weighted by atomic mass is 9.97. The lowest BCUT2D eigenvalue weighted by Gasteiger charge is -2.26. The second kappa shape index (κ2) is 12.4. The summed E-state index contributed by atoms with van der Waals surface area (Å²) >= 11 is 1.51. The summed E-state index contributed by atoms with van der Waals surface area (Å²) < 4.78 is 0. The molecule has 0 aliphatic carbocycles. The number of carbonyl (C=O) groups excluding carboxylic acids is 2. The summed E-state index contributed by atoms with van der Waals surface area (Å²) in [7, 11) is 0. The van der Waals surface area contributed by atoms with Crippen LogP contribution in [0.3, 0.4) is 0 Å². The number of amides is 2. The van der Waals surface area contributed by atoms with E-state index < -0.39 is 35.9 Å². The number of carboxylic acids is 1. The number of hydrogen-bond acceptors (Lipinski definition) is 5. The summed E-state index contributed by atoms with van der Waals surface area (Å²) in [5.41, 5.74) is 6.94. The SMILES string of the molecule is CCC(C)C(NC(=O)C(N)Cc1ccccc1)C(=O)NC(CCSC)C(=O)O. The minimum absolute atomic E-state index is 0.164. The largest absolute Gasteiger partial charge is 0.480 e. The number of benzene rings is 1. The second-order valence-electron chi connectivity index (χ2n) is 6.85. The van der Waals surface area contributed by atoms with Gasteiger partial charge in [-0.15, -0.1) is 0 Å². The number of hydrogen-bond donors (Lipinski definition) is 4. The zero-order valence-electron chi connectivity index (χ0n) is 16.7. The third kappa shape index (κ3) is 7.90. The van der Waals surface area contributed by atoms with Gasteiger partial charge in [0.25, 0.3) is 0 Å². The van der Waals surface area contributed by atoms with Gasteiger partial charge < -0.3 is 21.5 Å². The van der Waals surface area contributed by atoms with Gasteiger partial charge in [-0.3, -0.25) is 9.59 Å². The highest BCUT2D eigenvalue weighted by molar-refractivity contribution is 7.98. The number of carboxylic acid groups (broad SMARTS) is 1. The normalized spacial score (nSPS) is 15.1. The van der Waals surface area contributed by atoms with Crippen molar-refractivity contribution >= 4 is 29.5 Å². The first-order chi connectivity index (χ1) is 13.3. The summed E-state index contributed by atoms with van der Waals surface area (Å²) in [5, 5.41) is 14.6. The number of aliphatic carboxylic acids is 1. The quantitative estimate of drug-likeness (QED) is 0.414. The van der Waals surface area contributed by atoms with Crippen LogP contribution in [0.5, 0.6) is 0 Å². The highest BCUT2D eigenvalue weighted by Crippen LogP contribution is 2.11. The highest BCUT2D eigenvalue weighted by atomic mass is 32.2. The van der Waals surface area contributed by atoms with E-state index in [1.54, 1.807) is 0 Å². The zero-order chi connectivity index (χ0) is 21.1. The molecule has 0 saturated carbocycles. The molecule has 156 valence electrons. The van der Waals surface area contributed by atoms with Crippen LogP contribution in [0.25, 0.3) is 0 Å². The molecule has 0 saturated heterocycles. The standard InChI is InChI=1S/C20H31N3O4S/c1-4-13(2)17(19(25)22-16(20(26)27)10-11-28-3)23-18(24)15(21)12-14-8-6-5-7-9-14/h5-9,13,15-17H,4,10-12,21H2,1-3H3,(H,22,25)(H,23,24)(H,26,27). The van der Waals surface area contributed by atoms with Gasteiger partial charge in [-0.05, 0) is 36.3 Å². The van der Waals surface area contributed by atoms with Crippen LogP contribution in [0.2, 0.25) is 0 Å². The molecule has 0 bridgehead atoms. The van der Waals surface area contributed by atoms with Crippen LogP contribution in [0, 0.1) is 5.92 Å². The summed E-state index contributed by atoms with van der Waals surface area (Å²) in [6.45, 7) is 3.74. The summed E-state index contributed by atoms with van der Waals surface area (Å²) in [4.78, 5) is 36.6. The Bertz CT molecular complexity index is 642. The highest BCUT2D eigenvalue weighted by Gasteiger charge is 2.30. The molecule has 5 N–H and O–H groups in total. The Hall–Kier alpha value is -2.06. The minimum atomic E-state index is -1.09. The Morgan fingerprint density at radius 2 is 1.79 bits per heavy atom. The van der Waals surface area contributed by atoms with E-state index in [4.69, 9.17) is 5.73 Å². The monoisotopic (exact) mass is 409 g/mol. The average molecular weight is 410 g/mol. The van der Waals surface area contributed by atoms with E-state index in [2.05, 4.69) is 10.6 Å². The van der Waals surface area contributed by atoms with Gasteiger partial charge in [0.1, 0.15) is 12.1 Å². The van der Waals surface area contributed by atoms with Gasteiger partial charge in [-0.25, -0.2) is 4.79 Å². The van der Waals surface area contributed by atoms with Crippen molar-refractivity contribution in [2.45, 2.75) is 51.2 Å². The fraction of sp³-hybridized carbons (Fsp3) is 0.550. The molecule has 4 atom stereocenters. The Kier molecular flexibility index (Phi) is 10.6.